The molecule has 0 atom stereocenters. The Bertz CT molecular complexity index is 1030. The molecule has 0 N–H and O–H groups in total. The van der Waals surface area contributed by atoms with Crippen molar-refractivity contribution in [2.24, 2.45) is 0 Å². The molecule has 0 aliphatic carbocycles. The number of nitrogens with zero attached hydrogens (tertiary/aromatic N) is 4. The summed E-state index contributed by atoms with van der Waals surface area (Å²) in [5.74, 6) is 0. The van der Waals surface area contributed by atoms with Gasteiger partial charge < -0.3 is 0 Å². The molecule has 4 aromatic rings. The van der Waals surface area contributed by atoms with Crippen molar-refractivity contribution in [1.29, 1.82) is 0 Å². The molecule has 0 saturated carbocycles. The Kier molecular flexibility index (Phi) is 5.84. The topological polar surface area (TPSA) is 17.6 Å². The SMILES string of the molecule is Cc1c(C)[n+](CCCC[n+]2cn(-c3ccccc3)c(C)c2C)cn1-c1ccccc1. The van der Waals surface area contributed by atoms with E-state index in [2.05, 4.69) is 119 Å². The van der Waals surface area contributed by atoms with Gasteiger partial charge in [0.15, 0.2) is 0 Å². The molecule has 4 nitrogen and oxygen atoms in total. The number of hydrogen-bond donors (Lipinski definition) is 0. The van der Waals surface area contributed by atoms with E-state index < -0.39 is 0 Å². The van der Waals surface area contributed by atoms with Crippen LogP contribution in [0.4, 0.5) is 0 Å². The molecule has 0 saturated heterocycles. The van der Waals surface area contributed by atoms with Gasteiger partial charge in [0.1, 0.15) is 34.2 Å². The predicted octanol–water partition coefficient (Wildman–Crippen LogP) is 4.56. The van der Waals surface area contributed by atoms with E-state index in [1.807, 2.05) is 0 Å². The number of rotatable bonds is 7. The van der Waals surface area contributed by atoms with Crippen molar-refractivity contribution in [3.05, 3.63) is 96.1 Å². The molecule has 0 aliphatic heterocycles. The zero-order valence-electron chi connectivity index (χ0n) is 18.5. The summed E-state index contributed by atoms with van der Waals surface area (Å²) < 4.78 is 9.36. The van der Waals surface area contributed by atoms with Crippen LogP contribution in [0.3, 0.4) is 0 Å². The Morgan fingerprint density at radius 2 is 0.933 bits per heavy atom. The van der Waals surface area contributed by atoms with Crippen LogP contribution < -0.4 is 9.13 Å². The summed E-state index contributed by atoms with van der Waals surface area (Å²) in [5.41, 5.74) is 7.74. The van der Waals surface area contributed by atoms with E-state index in [4.69, 9.17) is 0 Å². The van der Waals surface area contributed by atoms with Gasteiger partial charge in [0, 0.05) is 27.7 Å². The molecule has 0 radical (unpaired) electrons. The standard InChI is InChI=1S/C26H32N4/c1-21-23(3)29(25-13-7-5-8-14-25)19-27(21)17-11-12-18-28-20-30(24(4)22(28)2)26-15-9-6-10-16-26/h5-10,13-16,19-20H,11-12,17-18H2,1-4H3/q+2. The average molecular weight is 401 g/mol. The zero-order valence-corrected chi connectivity index (χ0v) is 18.5. The highest BCUT2D eigenvalue weighted by Gasteiger charge is 2.19. The Morgan fingerprint density at radius 3 is 1.30 bits per heavy atom. The van der Waals surface area contributed by atoms with Crippen molar-refractivity contribution in [3.63, 3.8) is 0 Å². The second kappa shape index (κ2) is 8.70. The highest BCUT2D eigenvalue weighted by molar-refractivity contribution is 5.34. The van der Waals surface area contributed by atoms with Gasteiger partial charge in [-0.3, -0.25) is 0 Å². The van der Waals surface area contributed by atoms with E-state index in [1.54, 1.807) is 0 Å². The largest absolute Gasteiger partial charge is 0.249 e. The summed E-state index contributed by atoms with van der Waals surface area (Å²) in [6.07, 6.45) is 6.81. The van der Waals surface area contributed by atoms with Crippen LogP contribution in [0.25, 0.3) is 11.4 Å². The van der Waals surface area contributed by atoms with Crippen LogP contribution in [-0.4, -0.2) is 9.13 Å². The molecule has 0 bridgehead atoms. The van der Waals surface area contributed by atoms with Crippen LogP contribution in [0.2, 0.25) is 0 Å². The third kappa shape index (κ3) is 3.95. The summed E-state index contributed by atoms with van der Waals surface area (Å²) in [7, 11) is 0. The highest BCUT2D eigenvalue weighted by atomic mass is 15.2. The van der Waals surface area contributed by atoms with Gasteiger partial charge in [-0.25, -0.2) is 9.13 Å². The third-order valence-corrected chi connectivity index (χ3v) is 6.26. The molecule has 2 aromatic carbocycles. The Hall–Kier alpha value is -3.14. The molecule has 2 aromatic heterocycles. The number of unbranched alkanes of at least 4 members (excludes halogenated alkanes) is 1. The first kappa shape index (κ1) is 20.1. The van der Waals surface area contributed by atoms with Crippen molar-refractivity contribution in [2.45, 2.75) is 53.6 Å². The summed E-state index contributed by atoms with van der Waals surface area (Å²) >= 11 is 0. The van der Waals surface area contributed by atoms with Crippen LogP contribution in [0, 0.1) is 27.7 Å². The van der Waals surface area contributed by atoms with Crippen molar-refractivity contribution in [3.8, 4) is 11.4 Å². The summed E-state index contributed by atoms with van der Waals surface area (Å²) in [4.78, 5) is 0. The maximum atomic E-state index is 2.39. The normalized spacial score (nSPS) is 11.2. The van der Waals surface area contributed by atoms with Gasteiger partial charge in [-0.2, -0.15) is 9.13 Å². The van der Waals surface area contributed by atoms with Crippen LogP contribution in [0.1, 0.15) is 35.6 Å². The third-order valence-electron chi connectivity index (χ3n) is 6.26. The molecule has 154 valence electrons. The molecular formula is C26H32N4+2. The van der Waals surface area contributed by atoms with E-state index in [9.17, 15) is 0 Å². The first-order chi connectivity index (χ1) is 14.6. The number of hydrogen-bond acceptors (Lipinski definition) is 0. The lowest BCUT2D eigenvalue weighted by molar-refractivity contribution is -0.713. The van der Waals surface area contributed by atoms with Crippen molar-refractivity contribution >= 4 is 0 Å². The average Bonchev–Trinajstić information content (AvgIpc) is 3.23. The number of imidazole rings is 2. The molecule has 0 unspecified atom stereocenters. The molecule has 0 aliphatic rings. The number of aryl methyl sites for hydroxylation is 2. The van der Waals surface area contributed by atoms with E-state index in [0.29, 0.717) is 0 Å². The van der Waals surface area contributed by atoms with Gasteiger partial charge in [-0.1, -0.05) is 36.4 Å². The fourth-order valence-electron chi connectivity index (χ4n) is 4.10. The lowest BCUT2D eigenvalue weighted by Crippen LogP contribution is -2.37. The van der Waals surface area contributed by atoms with Crippen molar-refractivity contribution < 1.29 is 9.13 Å². The second-order valence-electron chi connectivity index (χ2n) is 8.08. The van der Waals surface area contributed by atoms with Gasteiger partial charge in [-0.15, -0.1) is 0 Å². The van der Waals surface area contributed by atoms with E-state index >= 15 is 0 Å². The van der Waals surface area contributed by atoms with Gasteiger partial charge >= 0.3 is 0 Å². The van der Waals surface area contributed by atoms with Gasteiger partial charge in [0.25, 0.3) is 0 Å². The van der Waals surface area contributed by atoms with Gasteiger partial charge in [0.2, 0.25) is 12.7 Å². The monoisotopic (exact) mass is 400 g/mol. The molecule has 0 fully saturated rings. The minimum atomic E-state index is 1.05. The van der Waals surface area contributed by atoms with E-state index in [1.165, 1.54) is 34.2 Å². The molecule has 0 amide bonds. The quantitative estimate of drug-likeness (QED) is 0.320. The number of aromatic nitrogens is 4. The van der Waals surface area contributed by atoms with E-state index in [-0.39, 0.29) is 0 Å². The molecule has 30 heavy (non-hydrogen) atoms. The Balaban J connectivity index is 1.41. The Labute approximate surface area is 179 Å². The van der Waals surface area contributed by atoms with Crippen LogP contribution in [0.15, 0.2) is 73.3 Å². The van der Waals surface area contributed by atoms with Crippen LogP contribution in [-0.2, 0) is 13.1 Å². The Morgan fingerprint density at radius 1 is 0.567 bits per heavy atom. The summed E-state index contributed by atoms with van der Waals surface area (Å²) in [6.45, 7) is 10.9. The fraction of sp³-hybridized carbons (Fsp3) is 0.308. The highest BCUT2D eigenvalue weighted by Crippen LogP contribution is 2.14. The maximum absolute atomic E-state index is 2.39. The van der Waals surface area contributed by atoms with Gasteiger partial charge in [-0.05, 0) is 37.1 Å². The van der Waals surface area contributed by atoms with Gasteiger partial charge in [0.05, 0.1) is 13.1 Å². The second-order valence-corrected chi connectivity index (χ2v) is 8.08. The molecule has 4 heteroatoms. The predicted molar refractivity (Wildman–Crippen MR) is 120 cm³/mol. The molecule has 0 spiro atoms. The molecule has 4 rings (SSSR count). The van der Waals surface area contributed by atoms with Crippen molar-refractivity contribution in [1.82, 2.24) is 9.13 Å². The maximum Gasteiger partial charge on any atom is 0.249 e. The summed E-state index contributed by atoms with van der Waals surface area (Å²) in [5, 5.41) is 0. The number of benzene rings is 2. The molecular weight excluding hydrogens is 368 g/mol. The smallest absolute Gasteiger partial charge is 0.234 e. The molecule has 2 heterocycles. The zero-order chi connectivity index (χ0) is 21.1. The van der Waals surface area contributed by atoms with Crippen LogP contribution >= 0.6 is 0 Å². The lowest BCUT2D eigenvalue weighted by atomic mass is 10.2. The van der Waals surface area contributed by atoms with Crippen LogP contribution in [0.5, 0.6) is 0 Å². The van der Waals surface area contributed by atoms with Crippen molar-refractivity contribution in [2.75, 3.05) is 0 Å². The minimum Gasteiger partial charge on any atom is -0.234 e. The minimum absolute atomic E-state index is 1.05. The lowest BCUT2D eigenvalue weighted by Gasteiger charge is -2.00. The fourth-order valence-corrected chi connectivity index (χ4v) is 4.10. The van der Waals surface area contributed by atoms with E-state index in [0.717, 1.165) is 25.9 Å². The first-order valence-corrected chi connectivity index (χ1v) is 10.8. The first-order valence-electron chi connectivity index (χ1n) is 10.8. The summed E-state index contributed by atoms with van der Waals surface area (Å²) in [6, 6.07) is 21.2. The number of para-hydroxylation sites is 2.